The second kappa shape index (κ2) is 3.25. The molecule has 1 aromatic carbocycles. The maximum absolute atomic E-state index is 11.6. The van der Waals surface area contributed by atoms with Crippen LogP contribution in [0.15, 0.2) is 34.2 Å². The van der Waals surface area contributed by atoms with Gasteiger partial charge in [0.05, 0.1) is 11.4 Å². The lowest BCUT2D eigenvalue weighted by Crippen LogP contribution is -2.11. The summed E-state index contributed by atoms with van der Waals surface area (Å²) in [4.78, 5) is 0.748. The first-order valence-electron chi connectivity index (χ1n) is 3.82. The summed E-state index contributed by atoms with van der Waals surface area (Å²) in [6.45, 7) is 1.88. The van der Waals surface area contributed by atoms with Crippen molar-refractivity contribution in [2.75, 3.05) is 5.32 Å². The first kappa shape index (κ1) is 8.94. The Kier molecular flexibility index (Phi) is 2.24. The topological polar surface area (TPSA) is 35.1 Å². The van der Waals surface area contributed by atoms with Crippen LogP contribution in [-0.2, 0) is 11.2 Å². The molecule has 1 N–H and O–H groups in total. The quantitative estimate of drug-likeness (QED) is 0.673. The second-order valence-electron chi connectivity index (χ2n) is 2.86. The lowest BCUT2D eigenvalue weighted by molar-refractivity contribution is 0.603. The van der Waals surface area contributed by atoms with Gasteiger partial charge in [-0.3, -0.25) is 0 Å². The van der Waals surface area contributed by atoms with E-state index in [-0.39, 0.29) is 0 Å². The van der Waals surface area contributed by atoms with Crippen molar-refractivity contribution in [3.63, 3.8) is 0 Å². The van der Waals surface area contributed by atoms with E-state index in [1.54, 1.807) is 17.5 Å². The monoisotopic (exact) mass is 213 g/mol. The largest absolute Gasteiger partial charge is 0.607 e. The van der Waals surface area contributed by atoms with Crippen LogP contribution in [0.25, 0.3) is 0 Å². The molecule has 0 fully saturated rings. The molecule has 0 bridgehead atoms. The van der Waals surface area contributed by atoms with Crippen molar-refractivity contribution in [3.05, 3.63) is 34.3 Å². The number of nitrogens with one attached hydrogen (secondary N) is 1. The lowest BCUT2D eigenvalue weighted by atomic mass is 10.3. The number of fused-ring (bicyclic) bond motifs is 1. The van der Waals surface area contributed by atoms with E-state index in [1.165, 1.54) is 0 Å². The minimum absolute atomic E-state index is 0.613. The fraction of sp³-hybridized carbons (Fsp3) is 0.111. The Morgan fingerprint density at radius 3 is 3.00 bits per heavy atom. The van der Waals surface area contributed by atoms with Crippen molar-refractivity contribution in [1.82, 2.24) is 0 Å². The molecule has 1 heterocycles. The molecule has 1 aliphatic heterocycles. The second-order valence-corrected chi connectivity index (χ2v) is 4.57. The van der Waals surface area contributed by atoms with Crippen LogP contribution in [0.5, 0.6) is 0 Å². The number of hydrogen-bond acceptors (Lipinski definition) is 2. The normalized spacial score (nSPS) is 20.2. The van der Waals surface area contributed by atoms with E-state index in [0.717, 1.165) is 16.3 Å². The molecule has 1 aromatic rings. The van der Waals surface area contributed by atoms with Crippen molar-refractivity contribution in [2.45, 2.75) is 11.8 Å². The fourth-order valence-corrected chi connectivity index (χ4v) is 2.55. The molecule has 1 unspecified atom stereocenters. The molecule has 0 saturated heterocycles. The Labute approximate surface area is 84.8 Å². The van der Waals surface area contributed by atoms with Crippen molar-refractivity contribution in [2.24, 2.45) is 0 Å². The van der Waals surface area contributed by atoms with Crippen LogP contribution in [0, 0.1) is 0 Å². The van der Waals surface area contributed by atoms with Gasteiger partial charge < -0.3 is 9.87 Å². The zero-order valence-electron chi connectivity index (χ0n) is 7.00. The number of halogens is 1. The van der Waals surface area contributed by atoms with Gasteiger partial charge in [0.2, 0.25) is 0 Å². The third-order valence-corrected chi connectivity index (χ3v) is 3.35. The zero-order valence-corrected chi connectivity index (χ0v) is 8.58. The summed E-state index contributed by atoms with van der Waals surface area (Å²) in [7, 11) is 0. The summed E-state index contributed by atoms with van der Waals surface area (Å²) in [5.74, 6) is 0. The number of anilines is 1. The molecule has 4 heteroatoms. The van der Waals surface area contributed by atoms with Gasteiger partial charge in [0.25, 0.3) is 0 Å². The van der Waals surface area contributed by atoms with E-state index >= 15 is 0 Å². The molecular weight excluding hydrogens is 206 g/mol. The van der Waals surface area contributed by atoms with E-state index < -0.39 is 11.2 Å². The Morgan fingerprint density at radius 2 is 2.23 bits per heavy atom. The highest BCUT2D eigenvalue weighted by molar-refractivity contribution is 7.94. The smallest absolute Gasteiger partial charge is 0.182 e. The summed E-state index contributed by atoms with van der Waals surface area (Å²) in [5.41, 5.74) is 1.79. The minimum Gasteiger partial charge on any atom is -0.607 e. The van der Waals surface area contributed by atoms with Crippen LogP contribution >= 0.6 is 11.6 Å². The number of hydrogen-bond donors (Lipinski definition) is 1. The van der Waals surface area contributed by atoms with Gasteiger partial charge in [-0.25, -0.2) is 0 Å². The standard InChI is InChI=1S/C9H8ClNOS/c1-6-5-13(12)9-4-7(10)2-3-8(9)11-6/h2-5,11H,1H3. The molecule has 0 radical (unpaired) electrons. The zero-order chi connectivity index (χ0) is 9.42. The van der Waals surface area contributed by atoms with Crippen LogP contribution in [0.3, 0.4) is 0 Å². The first-order chi connectivity index (χ1) is 6.16. The first-order valence-corrected chi connectivity index (χ1v) is 5.41. The summed E-state index contributed by atoms with van der Waals surface area (Å²) in [6.07, 6.45) is 0. The number of allylic oxidation sites excluding steroid dienone is 1. The Hall–Kier alpha value is -0.640. The molecule has 13 heavy (non-hydrogen) atoms. The van der Waals surface area contributed by atoms with E-state index in [9.17, 15) is 4.55 Å². The fourth-order valence-electron chi connectivity index (χ4n) is 1.23. The van der Waals surface area contributed by atoms with Crippen molar-refractivity contribution in [1.29, 1.82) is 0 Å². The summed E-state index contributed by atoms with van der Waals surface area (Å²) >= 11 is 4.73. The van der Waals surface area contributed by atoms with Gasteiger partial charge in [-0.15, -0.1) is 0 Å². The molecule has 0 spiro atoms. The molecule has 0 aromatic heterocycles. The number of benzene rings is 1. The van der Waals surface area contributed by atoms with Crippen LogP contribution in [0.4, 0.5) is 5.69 Å². The highest BCUT2D eigenvalue weighted by Gasteiger charge is 2.20. The third kappa shape index (κ3) is 1.68. The van der Waals surface area contributed by atoms with Crippen LogP contribution < -0.4 is 5.32 Å². The van der Waals surface area contributed by atoms with Gasteiger partial charge in [0.1, 0.15) is 5.41 Å². The maximum atomic E-state index is 11.6. The van der Waals surface area contributed by atoms with E-state index in [0.29, 0.717) is 5.02 Å². The Balaban J connectivity index is 2.50. The van der Waals surface area contributed by atoms with Crippen LogP contribution in [-0.4, -0.2) is 4.55 Å². The number of rotatable bonds is 0. The lowest BCUT2D eigenvalue weighted by Gasteiger charge is -2.18. The molecule has 1 atom stereocenters. The highest BCUT2D eigenvalue weighted by Crippen LogP contribution is 2.31. The van der Waals surface area contributed by atoms with Crippen molar-refractivity contribution >= 4 is 28.5 Å². The molecule has 0 saturated carbocycles. The van der Waals surface area contributed by atoms with E-state index in [2.05, 4.69) is 5.32 Å². The maximum Gasteiger partial charge on any atom is 0.182 e. The molecule has 2 nitrogen and oxygen atoms in total. The molecular formula is C9H8ClNOS. The summed E-state index contributed by atoms with van der Waals surface area (Å²) < 4.78 is 11.6. The molecule has 2 rings (SSSR count). The molecule has 1 aliphatic rings. The molecule has 0 aliphatic carbocycles. The van der Waals surface area contributed by atoms with Gasteiger partial charge in [0, 0.05) is 22.3 Å². The highest BCUT2D eigenvalue weighted by atomic mass is 35.5. The van der Waals surface area contributed by atoms with Gasteiger partial charge in [-0.05, 0) is 19.1 Å². The van der Waals surface area contributed by atoms with Crippen LogP contribution in [0.1, 0.15) is 6.92 Å². The summed E-state index contributed by atoms with van der Waals surface area (Å²) in [5, 5.41) is 5.42. The van der Waals surface area contributed by atoms with Crippen LogP contribution in [0.2, 0.25) is 5.02 Å². The third-order valence-electron chi connectivity index (χ3n) is 1.78. The van der Waals surface area contributed by atoms with Gasteiger partial charge in [-0.2, -0.15) is 0 Å². The minimum atomic E-state index is -1.06. The van der Waals surface area contributed by atoms with E-state index in [1.807, 2.05) is 13.0 Å². The molecule has 68 valence electrons. The predicted molar refractivity (Wildman–Crippen MR) is 55.2 cm³/mol. The SMILES string of the molecule is CC1=C[S+]([O-])c2cc(Cl)ccc2N1. The average molecular weight is 214 g/mol. The Morgan fingerprint density at radius 1 is 1.46 bits per heavy atom. The van der Waals surface area contributed by atoms with Gasteiger partial charge >= 0.3 is 0 Å². The van der Waals surface area contributed by atoms with Gasteiger partial charge in [0.15, 0.2) is 4.90 Å². The molecule has 0 amide bonds. The van der Waals surface area contributed by atoms with Gasteiger partial charge in [-0.1, -0.05) is 11.6 Å². The van der Waals surface area contributed by atoms with Crippen molar-refractivity contribution in [3.8, 4) is 0 Å². The Bertz CT molecular complexity index is 378. The average Bonchev–Trinajstić information content (AvgIpc) is 2.06. The summed E-state index contributed by atoms with van der Waals surface area (Å²) in [6, 6.07) is 5.35. The van der Waals surface area contributed by atoms with Crippen molar-refractivity contribution < 1.29 is 4.55 Å². The predicted octanol–water partition coefficient (Wildman–Crippen LogP) is 2.73. The van der Waals surface area contributed by atoms with E-state index in [4.69, 9.17) is 11.6 Å².